The molecule has 1 atom stereocenters. The van der Waals surface area contributed by atoms with Crippen LogP contribution in [0.2, 0.25) is 0 Å². The molecule has 1 unspecified atom stereocenters. The van der Waals surface area contributed by atoms with E-state index in [-0.39, 0.29) is 31.1 Å². The summed E-state index contributed by atoms with van der Waals surface area (Å²) in [6.07, 6.45) is 80.0. The molecule has 0 fully saturated rings. The summed E-state index contributed by atoms with van der Waals surface area (Å²) in [5, 5.41) is 0. The number of rotatable bonds is 66. The summed E-state index contributed by atoms with van der Waals surface area (Å²) in [6.45, 7) is 6.67. The molecule has 0 heterocycles. The number of hydrogen-bond acceptors (Lipinski definition) is 6. The molecule has 0 bridgehead atoms. The zero-order chi connectivity index (χ0) is 55.7. The summed E-state index contributed by atoms with van der Waals surface area (Å²) in [4.78, 5) is 38.1. The highest BCUT2D eigenvalue weighted by molar-refractivity contribution is 5.71. The zero-order valence-corrected chi connectivity index (χ0v) is 52.5. The third-order valence-electron chi connectivity index (χ3n) is 16.3. The molecule has 0 aliphatic heterocycles. The van der Waals surface area contributed by atoms with Crippen LogP contribution < -0.4 is 0 Å². The molecule has 0 aromatic carbocycles. The van der Waals surface area contributed by atoms with Crippen LogP contribution in [0.3, 0.4) is 0 Å². The lowest BCUT2D eigenvalue weighted by atomic mass is 10.0. The molecule has 0 spiro atoms. The van der Waals surface area contributed by atoms with E-state index in [4.69, 9.17) is 14.2 Å². The minimum atomic E-state index is -0.766. The fraction of sp³-hybridized carbons (Fsp3) is 0.930. The third kappa shape index (κ3) is 64.9. The fourth-order valence-electron chi connectivity index (χ4n) is 11.0. The minimum absolute atomic E-state index is 0.0650. The highest BCUT2D eigenvalue weighted by Gasteiger charge is 2.19. The summed E-state index contributed by atoms with van der Waals surface area (Å²) < 4.78 is 16.9. The normalized spacial score (nSPS) is 12.0. The van der Waals surface area contributed by atoms with Crippen LogP contribution in [0, 0.1) is 0 Å². The number of carbonyl (C=O) groups is 3. The van der Waals surface area contributed by atoms with Crippen LogP contribution in [0.15, 0.2) is 12.2 Å². The Morgan fingerprint density at radius 3 is 0.649 bits per heavy atom. The van der Waals surface area contributed by atoms with Gasteiger partial charge < -0.3 is 14.2 Å². The summed E-state index contributed by atoms with van der Waals surface area (Å²) in [6, 6.07) is 0. The number of ether oxygens (including phenoxy) is 3. The van der Waals surface area contributed by atoms with Crippen molar-refractivity contribution in [2.75, 3.05) is 13.2 Å². The van der Waals surface area contributed by atoms with Gasteiger partial charge in [0, 0.05) is 19.3 Å². The Hall–Kier alpha value is -1.85. The maximum atomic E-state index is 12.9. The average molecular weight is 1090 g/mol. The van der Waals surface area contributed by atoms with Crippen LogP contribution in [-0.4, -0.2) is 37.2 Å². The summed E-state index contributed by atoms with van der Waals surface area (Å²) in [7, 11) is 0. The Balaban J connectivity index is 3.97. The standard InChI is InChI=1S/C71H136O6/c1-4-7-10-13-16-18-20-22-24-26-28-30-31-32-33-34-35-36-37-38-39-41-42-44-46-48-50-52-55-58-61-64-70(73)76-67-68(66-75-69(72)63-60-57-54-15-12-9-6-3)77-71(74)65-62-59-56-53-51-49-47-45-43-40-29-27-25-23-21-19-17-14-11-8-5-2/h27,29,68H,4-26,28,30-67H2,1-3H3/b29-27-. The number of hydrogen-bond donors (Lipinski definition) is 0. The highest BCUT2D eigenvalue weighted by atomic mass is 16.6. The van der Waals surface area contributed by atoms with Gasteiger partial charge in [0.05, 0.1) is 0 Å². The molecule has 6 heteroatoms. The fourth-order valence-corrected chi connectivity index (χ4v) is 11.0. The van der Waals surface area contributed by atoms with Crippen LogP contribution in [-0.2, 0) is 28.6 Å². The molecule has 0 amide bonds. The lowest BCUT2D eigenvalue weighted by Crippen LogP contribution is -2.30. The maximum absolute atomic E-state index is 12.9. The summed E-state index contributed by atoms with van der Waals surface area (Å²) in [5.74, 6) is -0.845. The molecule has 77 heavy (non-hydrogen) atoms. The van der Waals surface area contributed by atoms with Crippen molar-refractivity contribution in [2.24, 2.45) is 0 Å². The predicted molar refractivity (Wildman–Crippen MR) is 335 cm³/mol. The molecular weight excluding hydrogens is 949 g/mol. The Kier molecular flexibility index (Phi) is 65.1. The first-order chi connectivity index (χ1) is 38.0. The summed E-state index contributed by atoms with van der Waals surface area (Å²) >= 11 is 0. The van der Waals surface area contributed by atoms with Crippen molar-refractivity contribution < 1.29 is 28.6 Å². The van der Waals surface area contributed by atoms with Crippen LogP contribution in [0.25, 0.3) is 0 Å². The SMILES string of the molecule is CCCCCCCCCC/C=C\CCCCCCCCCCCC(=O)OC(COC(=O)CCCCCCCCC)COC(=O)CCCCCCCCCCCCCCCCCCCCCCCCCCCCCCCCC. The molecule has 0 aliphatic carbocycles. The molecule has 0 rings (SSSR count). The van der Waals surface area contributed by atoms with Gasteiger partial charge in [-0.05, 0) is 44.9 Å². The quantitative estimate of drug-likeness (QED) is 0.0261. The topological polar surface area (TPSA) is 78.9 Å². The van der Waals surface area contributed by atoms with E-state index in [1.165, 1.54) is 308 Å². The van der Waals surface area contributed by atoms with E-state index < -0.39 is 6.10 Å². The number of carbonyl (C=O) groups excluding carboxylic acids is 3. The molecule has 0 aromatic rings. The predicted octanol–water partition coefficient (Wildman–Crippen LogP) is 24.0. The van der Waals surface area contributed by atoms with Gasteiger partial charge >= 0.3 is 17.9 Å². The van der Waals surface area contributed by atoms with Gasteiger partial charge in [-0.1, -0.05) is 354 Å². The van der Waals surface area contributed by atoms with E-state index in [1.807, 2.05) is 0 Å². The van der Waals surface area contributed by atoms with Crippen molar-refractivity contribution >= 4 is 17.9 Å². The van der Waals surface area contributed by atoms with E-state index in [0.717, 1.165) is 57.8 Å². The Morgan fingerprint density at radius 2 is 0.429 bits per heavy atom. The Morgan fingerprint density at radius 1 is 0.247 bits per heavy atom. The summed E-state index contributed by atoms with van der Waals surface area (Å²) in [5.41, 5.74) is 0. The zero-order valence-electron chi connectivity index (χ0n) is 52.5. The van der Waals surface area contributed by atoms with Gasteiger partial charge in [0.15, 0.2) is 6.10 Å². The van der Waals surface area contributed by atoms with Gasteiger partial charge in [-0.3, -0.25) is 14.4 Å². The van der Waals surface area contributed by atoms with Gasteiger partial charge in [-0.15, -0.1) is 0 Å². The number of esters is 3. The smallest absolute Gasteiger partial charge is 0.306 e. The van der Waals surface area contributed by atoms with E-state index in [9.17, 15) is 14.4 Å². The number of unbranched alkanes of at least 4 members (excludes halogenated alkanes) is 53. The second kappa shape index (κ2) is 66.7. The molecule has 0 radical (unpaired) electrons. The Bertz CT molecular complexity index is 1200. The molecule has 0 aliphatic rings. The van der Waals surface area contributed by atoms with E-state index in [1.54, 1.807) is 0 Å². The average Bonchev–Trinajstić information content (AvgIpc) is 3.43. The minimum Gasteiger partial charge on any atom is -0.462 e. The van der Waals surface area contributed by atoms with E-state index in [0.29, 0.717) is 19.3 Å². The van der Waals surface area contributed by atoms with Crippen molar-refractivity contribution in [2.45, 2.75) is 412 Å². The molecule has 0 aromatic heterocycles. The first kappa shape index (κ1) is 75.2. The van der Waals surface area contributed by atoms with Gasteiger partial charge in [0.1, 0.15) is 13.2 Å². The monoisotopic (exact) mass is 1090 g/mol. The van der Waals surface area contributed by atoms with Gasteiger partial charge in [0.2, 0.25) is 0 Å². The maximum Gasteiger partial charge on any atom is 0.306 e. The first-order valence-corrected chi connectivity index (χ1v) is 35.2. The number of allylic oxidation sites excluding steroid dienone is 2. The van der Waals surface area contributed by atoms with Crippen LogP contribution in [0.5, 0.6) is 0 Å². The largest absolute Gasteiger partial charge is 0.462 e. The van der Waals surface area contributed by atoms with Crippen LogP contribution in [0.4, 0.5) is 0 Å². The highest BCUT2D eigenvalue weighted by Crippen LogP contribution is 2.19. The third-order valence-corrected chi connectivity index (χ3v) is 16.3. The van der Waals surface area contributed by atoms with Crippen molar-refractivity contribution in [3.05, 3.63) is 12.2 Å². The molecule has 6 nitrogen and oxygen atoms in total. The van der Waals surface area contributed by atoms with Gasteiger partial charge in [0.25, 0.3) is 0 Å². The molecular formula is C71H136O6. The van der Waals surface area contributed by atoms with Crippen molar-refractivity contribution in [1.29, 1.82) is 0 Å². The lowest BCUT2D eigenvalue weighted by molar-refractivity contribution is -0.167. The molecule has 0 saturated heterocycles. The van der Waals surface area contributed by atoms with Crippen molar-refractivity contribution in [1.82, 2.24) is 0 Å². The lowest BCUT2D eigenvalue weighted by Gasteiger charge is -2.18. The van der Waals surface area contributed by atoms with Crippen LogP contribution in [0.1, 0.15) is 406 Å². The molecule has 0 saturated carbocycles. The van der Waals surface area contributed by atoms with Gasteiger partial charge in [-0.2, -0.15) is 0 Å². The van der Waals surface area contributed by atoms with E-state index in [2.05, 4.69) is 32.9 Å². The van der Waals surface area contributed by atoms with Crippen molar-refractivity contribution in [3.63, 3.8) is 0 Å². The molecule has 0 N–H and O–H groups in total. The molecule has 456 valence electrons. The second-order valence-electron chi connectivity index (χ2n) is 24.2. The van der Waals surface area contributed by atoms with Crippen LogP contribution >= 0.6 is 0 Å². The second-order valence-corrected chi connectivity index (χ2v) is 24.2. The van der Waals surface area contributed by atoms with Crippen molar-refractivity contribution in [3.8, 4) is 0 Å². The first-order valence-electron chi connectivity index (χ1n) is 35.2. The van der Waals surface area contributed by atoms with E-state index >= 15 is 0 Å². The Labute approximate surface area is 481 Å². The van der Waals surface area contributed by atoms with Gasteiger partial charge in [-0.25, -0.2) is 0 Å².